The molecule has 12 heteroatoms. The number of anilines is 1. The molecule has 4 rings (SSSR count). The van der Waals surface area contributed by atoms with Gasteiger partial charge in [0.2, 0.25) is 10.0 Å². The number of esters is 1. The Hall–Kier alpha value is -3.18. The molecule has 4 aromatic rings. The predicted molar refractivity (Wildman–Crippen MR) is 135 cm³/mol. The van der Waals surface area contributed by atoms with Crippen LogP contribution in [0.2, 0.25) is 10.0 Å². The Morgan fingerprint density at radius 2 is 2.00 bits per heavy atom. The Balaban J connectivity index is 1.56. The molecule has 0 atom stereocenters. The van der Waals surface area contributed by atoms with Gasteiger partial charge in [0.15, 0.2) is 0 Å². The molecule has 0 aliphatic carbocycles. The van der Waals surface area contributed by atoms with Crippen LogP contribution in [-0.2, 0) is 14.8 Å². The van der Waals surface area contributed by atoms with Crippen molar-refractivity contribution in [2.75, 3.05) is 32.1 Å². The highest BCUT2D eigenvalue weighted by atomic mass is 35.5. The van der Waals surface area contributed by atoms with E-state index >= 15 is 0 Å². The van der Waals surface area contributed by atoms with E-state index in [4.69, 9.17) is 23.2 Å². The van der Waals surface area contributed by atoms with Crippen molar-refractivity contribution in [2.45, 2.75) is 4.90 Å². The molecule has 0 spiro atoms. The van der Waals surface area contributed by atoms with Crippen molar-refractivity contribution in [1.29, 1.82) is 0 Å². The van der Waals surface area contributed by atoms with Gasteiger partial charge in [0, 0.05) is 44.0 Å². The SMILES string of the molecule is COC(=O)c1cccc(S(=O)(=O)NCCN(C)c2cc(-n3ccnc3)c3ccc(Cl)c(Cl)c3n2)c1. The van der Waals surface area contributed by atoms with Crippen molar-refractivity contribution in [3.8, 4) is 5.69 Å². The highest BCUT2D eigenvalue weighted by Crippen LogP contribution is 2.34. The minimum Gasteiger partial charge on any atom is -0.465 e. The Labute approximate surface area is 212 Å². The van der Waals surface area contributed by atoms with Crippen molar-refractivity contribution in [3.05, 3.63) is 76.8 Å². The fourth-order valence-electron chi connectivity index (χ4n) is 3.47. The van der Waals surface area contributed by atoms with E-state index in [0.717, 1.165) is 11.1 Å². The summed E-state index contributed by atoms with van der Waals surface area (Å²) in [5, 5.41) is 1.50. The fraction of sp³-hybridized carbons (Fsp3) is 0.174. The largest absolute Gasteiger partial charge is 0.465 e. The molecule has 35 heavy (non-hydrogen) atoms. The summed E-state index contributed by atoms with van der Waals surface area (Å²) in [5.41, 5.74) is 1.47. The van der Waals surface area contributed by atoms with Crippen LogP contribution in [-0.4, -0.2) is 56.2 Å². The van der Waals surface area contributed by atoms with Crippen LogP contribution in [0.3, 0.4) is 0 Å². The summed E-state index contributed by atoms with van der Waals surface area (Å²) in [7, 11) is -0.827. The summed E-state index contributed by atoms with van der Waals surface area (Å²) < 4.78 is 34.5. The number of nitrogens with one attached hydrogen (secondary N) is 1. The van der Waals surface area contributed by atoms with Gasteiger partial charge in [-0.25, -0.2) is 27.9 Å². The lowest BCUT2D eigenvalue weighted by Crippen LogP contribution is -2.33. The number of carbonyl (C=O) groups is 1. The van der Waals surface area contributed by atoms with Crippen LogP contribution in [0.1, 0.15) is 10.4 Å². The number of hydrogen-bond acceptors (Lipinski definition) is 7. The van der Waals surface area contributed by atoms with Crippen LogP contribution < -0.4 is 9.62 Å². The molecule has 2 heterocycles. The Morgan fingerprint density at radius 1 is 1.20 bits per heavy atom. The number of sulfonamides is 1. The minimum atomic E-state index is -3.85. The molecule has 2 aromatic carbocycles. The maximum absolute atomic E-state index is 12.7. The van der Waals surface area contributed by atoms with E-state index in [0.29, 0.717) is 27.9 Å². The van der Waals surface area contributed by atoms with E-state index in [9.17, 15) is 13.2 Å². The van der Waals surface area contributed by atoms with Gasteiger partial charge in [-0.05, 0) is 30.3 Å². The molecular formula is C23H21Cl2N5O4S. The van der Waals surface area contributed by atoms with Crippen molar-refractivity contribution < 1.29 is 17.9 Å². The highest BCUT2D eigenvalue weighted by molar-refractivity contribution is 7.89. The molecule has 182 valence electrons. The first kappa shape index (κ1) is 24.9. The van der Waals surface area contributed by atoms with Crippen LogP contribution >= 0.6 is 23.2 Å². The number of methoxy groups -OCH3 is 1. The standard InChI is InChI=1S/C23H21Cl2N5O4S/c1-29(10-9-27-35(32,33)16-5-3-4-15(12-16)23(31)34-2)20-13-19(30-11-8-26-14-30)17-6-7-18(24)21(25)22(17)28-20/h3-8,11-14,27H,9-10H2,1-2H3. The van der Waals surface area contributed by atoms with Gasteiger partial charge in [-0.15, -0.1) is 0 Å². The van der Waals surface area contributed by atoms with Gasteiger partial charge in [0.05, 0.1) is 45.1 Å². The lowest BCUT2D eigenvalue weighted by atomic mass is 10.1. The third-order valence-corrected chi connectivity index (χ3v) is 7.57. The van der Waals surface area contributed by atoms with E-state index in [1.165, 1.54) is 31.4 Å². The number of halogens is 2. The maximum atomic E-state index is 12.7. The second kappa shape index (κ2) is 10.2. The number of benzene rings is 2. The average molecular weight is 534 g/mol. The summed E-state index contributed by atoms with van der Waals surface area (Å²) >= 11 is 12.7. The zero-order valence-electron chi connectivity index (χ0n) is 18.8. The number of carbonyl (C=O) groups excluding carboxylic acids is 1. The number of nitrogens with zero attached hydrogens (tertiary/aromatic N) is 4. The van der Waals surface area contributed by atoms with Crippen molar-refractivity contribution in [1.82, 2.24) is 19.3 Å². The second-order valence-electron chi connectivity index (χ2n) is 7.57. The summed E-state index contributed by atoms with van der Waals surface area (Å²) in [6.07, 6.45) is 5.13. The minimum absolute atomic E-state index is 0.0318. The smallest absolute Gasteiger partial charge is 0.337 e. The molecule has 0 fully saturated rings. The fourth-order valence-corrected chi connectivity index (χ4v) is 4.89. The molecule has 0 radical (unpaired) electrons. The number of pyridine rings is 1. The first-order valence-corrected chi connectivity index (χ1v) is 12.6. The second-order valence-corrected chi connectivity index (χ2v) is 10.1. The van der Waals surface area contributed by atoms with Crippen LogP contribution in [0.15, 0.2) is 66.1 Å². The van der Waals surface area contributed by atoms with Crippen molar-refractivity contribution in [3.63, 3.8) is 0 Å². The zero-order chi connectivity index (χ0) is 25.2. The first-order chi connectivity index (χ1) is 16.7. The Kier molecular flexibility index (Phi) is 7.27. The van der Waals surface area contributed by atoms with Crippen molar-refractivity contribution >= 4 is 55.9 Å². The van der Waals surface area contributed by atoms with Gasteiger partial charge in [-0.1, -0.05) is 29.3 Å². The molecule has 0 saturated heterocycles. The molecule has 0 unspecified atom stereocenters. The quantitative estimate of drug-likeness (QED) is 0.342. The predicted octanol–water partition coefficient (Wildman–Crippen LogP) is 3.93. The molecule has 2 aromatic heterocycles. The summed E-state index contributed by atoms with van der Waals surface area (Å²) in [4.78, 5) is 22.3. The zero-order valence-corrected chi connectivity index (χ0v) is 21.1. The number of ether oxygens (including phenoxy) is 1. The van der Waals surface area contributed by atoms with Crippen LogP contribution in [0.25, 0.3) is 16.6 Å². The van der Waals surface area contributed by atoms with E-state index in [1.54, 1.807) is 36.7 Å². The summed E-state index contributed by atoms with van der Waals surface area (Å²) in [6, 6.07) is 11.1. The molecule has 0 aliphatic rings. The van der Waals surface area contributed by atoms with Gasteiger partial charge in [0.1, 0.15) is 5.82 Å². The monoisotopic (exact) mass is 533 g/mol. The molecule has 1 N–H and O–H groups in total. The number of rotatable bonds is 8. The van der Waals surface area contributed by atoms with Crippen LogP contribution in [0, 0.1) is 0 Å². The Bertz CT molecular complexity index is 1490. The van der Waals surface area contributed by atoms with Gasteiger partial charge < -0.3 is 14.2 Å². The topological polar surface area (TPSA) is 106 Å². The van der Waals surface area contributed by atoms with E-state index in [2.05, 4.69) is 19.4 Å². The maximum Gasteiger partial charge on any atom is 0.337 e. The number of imidazole rings is 1. The van der Waals surface area contributed by atoms with Gasteiger partial charge >= 0.3 is 5.97 Å². The lowest BCUT2D eigenvalue weighted by molar-refractivity contribution is 0.0600. The molecule has 0 saturated carbocycles. The van der Waals surface area contributed by atoms with E-state index in [-0.39, 0.29) is 17.0 Å². The Morgan fingerprint density at radius 3 is 2.71 bits per heavy atom. The third kappa shape index (κ3) is 5.25. The van der Waals surface area contributed by atoms with Crippen molar-refractivity contribution in [2.24, 2.45) is 0 Å². The lowest BCUT2D eigenvalue weighted by Gasteiger charge is -2.21. The molecular weight excluding hydrogens is 513 g/mol. The molecule has 0 bridgehead atoms. The molecule has 0 aliphatic heterocycles. The van der Waals surface area contributed by atoms with E-state index in [1.807, 2.05) is 16.7 Å². The third-order valence-electron chi connectivity index (χ3n) is 5.32. The number of aromatic nitrogens is 3. The average Bonchev–Trinajstić information content (AvgIpc) is 3.40. The molecule has 0 amide bonds. The molecule has 9 nitrogen and oxygen atoms in total. The normalized spacial score (nSPS) is 11.5. The summed E-state index contributed by atoms with van der Waals surface area (Å²) in [6.45, 7) is 0.390. The van der Waals surface area contributed by atoms with Gasteiger partial charge in [-0.2, -0.15) is 0 Å². The van der Waals surface area contributed by atoms with Crippen LogP contribution in [0.4, 0.5) is 5.82 Å². The number of likely N-dealkylation sites (N-methyl/N-ethyl adjacent to an activating group) is 1. The first-order valence-electron chi connectivity index (χ1n) is 10.4. The van der Waals surface area contributed by atoms with Crippen LogP contribution in [0.5, 0.6) is 0 Å². The van der Waals surface area contributed by atoms with Gasteiger partial charge in [-0.3, -0.25) is 0 Å². The number of fused-ring (bicyclic) bond motifs is 1. The highest BCUT2D eigenvalue weighted by Gasteiger charge is 2.18. The van der Waals surface area contributed by atoms with E-state index < -0.39 is 16.0 Å². The number of hydrogen-bond donors (Lipinski definition) is 1. The van der Waals surface area contributed by atoms with Gasteiger partial charge in [0.25, 0.3) is 0 Å². The summed E-state index contributed by atoms with van der Waals surface area (Å²) in [5.74, 6) is -0.0473.